The zero-order valence-corrected chi connectivity index (χ0v) is 18.6. The van der Waals surface area contributed by atoms with Crippen LogP contribution >= 0.6 is 0 Å². The van der Waals surface area contributed by atoms with Gasteiger partial charge in [-0.2, -0.15) is 0 Å². The second-order valence-corrected chi connectivity index (χ2v) is 7.95. The number of carbonyl (C=O) groups excluding carboxylic acids is 3. The summed E-state index contributed by atoms with van der Waals surface area (Å²) in [5.41, 5.74) is 5.52. The van der Waals surface area contributed by atoms with Gasteiger partial charge in [0, 0.05) is 6.42 Å². The summed E-state index contributed by atoms with van der Waals surface area (Å²) < 4.78 is 0. The molecule has 9 N–H and O–H groups in total. The molecule has 3 amide bonds. The molecule has 0 radical (unpaired) electrons. The van der Waals surface area contributed by atoms with Crippen LogP contribution in [-0.4, -0.2) is 86.3 Å². The number of carboxylic acid groups (broad SMARTS) is 3. The molecule has 0 bridgehead atoms. The summed E-state index contributed by atoms with van der Waals surface area (Å²) in [6.45, 7) is 4.67. The average molecular weight is 476 g/mol. The van der Waals surface area contributed by atoms with Crippen LogP contribution < -0.4 is 21.7 Å². The zero-order valence-electron chi connectivity index (χ0n) is 18.6. The Labute approximate surface area is 189 Å². The number of aliphatic hydroxyl groups excluding tert-OH is 1. The van der Waals surface area contributed by atoms with E-state index < -0.39 is 78.7 Å². The monoisotopic (exact) mass is 476 g/mol. The van der Waals surface area contributed by atoms with E-state index in [1.807, 2.05) is 0 Å². The molecule has 0 fully saturated rings. The molecule has 5 atom stereocenters. The summed E-state index contributed by atoms with van der Waals surface area (Å²) in [4.78, 5) is 70.5. The van der Waals surface area contributed by atoms with Gasteiger partial charge in [-0.05, 0) is 25.7 Å². The minimum atomic E-state index is -1.74. The fraction of sp³-hybridized carbons (Fsp3) is 0.684. The van der Waals surface area contributed by atoms with Crippen LogP contribution in [0.5, 0.6) is 0 Å². The number of hydrogen-bond acceptors (Lipinski definition) is 8. The molecule has 0 rings (SSSR count). The second kappa shape index (κ2) is 14.0. The van der Waals surface area contributed by atoms with E-state index in [0.717, 1.165) is 0 Å². The number of nitrogens with one attached hydrogen (secondary N) is 3. The van der Waals surface area contributed by atoms with Crippen molar-refractivity contribution >= 4 is 35.6 Å². The Morgan fingerprint density at radius 3 is 1.67 bits per heavy atom. The van der Waals surface area contributed by atoms with Crippen molar-refractivity contribution in [2.24, 2.45) is 11.7 Å². The first kappa shape index (κ1) is 29.7. The van der Waals surface area contributed by atoms with Crippen LogP contribution in [0.3, 0.4) is 0 Å². The lowest BCUT2D eigenvalue weighted by Crippen LogP contribution is -2.58. The molecule has 0 saturated heterocycles. The van der Waals surface area contributed by atoms with E-state index in [4.69, 9.17) is 21.1 Å². The molecule has 0 unspecified atom stereocenters. The van der Waals surface area contributed by atoms with Gasteiger partial charge in [-0.1, -0.05) is 13.8 Å². The van der Waals surface area contributed by atoms with Crippen molar-refractivity contribution in [2.75, 3.05) is 0 Å². The molecule has 0 heterocycles. The SMILES string of the molecule is CC(C)C[C@H](NC(=O)[C@H](CCC(=O)O)NC(=O)[C@@H](N)[C@@H](C)O)C(=O)N[C@@H](CC(=O)O)C(=O)O. The summed E-state index contributed by atoms with van der Waals surface area (Å²) >= 11 is 0. The van der Waals surface area contributed by atoms with Gasteiger partial charge in [0.25, 0.3) is 0 Å². The topological polar surface area (TPSA) is 245 Å². The summed E-state index contributed by atoms with van der Waals surface area (Å²) in [6, 6.07) is -5.86. The Morgan fingerprint density at radius 1 is 0.758 bits per heavy atom. The Hall–Kier alpha value is -3.26. The van der Waals surface area contributed by atoms with Gasteiger partial charge in [-0.15, -0.1) is 0 Å². The number of aliphatic hydroxyl groups is 1. The summed E-state index contributed by atoms with van der Waals surface area (Å²) in [5, 5.41) is 42.9. The smallest absolute Gasteiger partial charge is 0.326 e. The van der Waals surface area contributed by atoms with Crippen LogP contribution in [0.4, 0.5) is 0 Å². The predicted octanol–water partition coefficient (Wildman–Crippen LogP) is -2.38. The fourth-order valence-electron chi connectivity index (χ4n) is 2.65. The molecular weight excluding hydrogens is 444 g/mol. The van der Waals surface area contributed by atoms with Crippen molar-refractivity contribution < 1.29 is 49.2 Å². The number of carbonyl (C=O) groups is 6. The van der Waals surface area contributed by atoms with Gasteiger partial charge in [0.2, 0.25) is 17.7 Å². The van der Waals surface area contributed by atoms with E-state index in [-0.39, 0.29) is 18.8 Å². The van der Waals surface area contributed by atoms with E-state index in [0.29, 0.717) is 0 Å². The highest BCUT2D eigenvalue weighted by molar-refractivity contribution is 5.94. The first-order chi connectivity index (χ1) is 15.1. The number of amides is 3. The van der Waals surface area contributed by atoms with Gasteiger partial charge >= 0.3 is 17.9 Å². The average Bonchev–Trinajstić information content (AvgIpc) is 2.67. The third kappa shape index (κ3) is 11.8. The van der Waals surface area contributed by atoms with Crippen molar-refractivity contribution in [3.8, 4) is 0 Å². The Bertz CT molecular complexity index is 740. The van der Waals surface area contributed by atoms with Crippen LogP contribution in [0.2, 0.25) is 0 Å². The molecule has 0 saturated carbocycles. The van der Waals surface area contributed by atoms with Crippen molar-refractivity contribution in [3.63, 3.8) is 0 Å². The number of aliphatic carboxylic acids is 3. The quantitative estimate of drug-likeness (QED) is 0.124. The van der Waals surface area contributed by atoms with Crippen molar-refractivity contribution in [3.05, 3.63) is 0 Å². The lowest BCUT2D eigenvalue weighted by molar-refractivity contribution is -0.147. The normalized spacial score (nSPS) is 15.5. The molecule has 188 valence electrons. The summed E-state index contributed by atoms with van der Waals surface area (Å²) in [6.07, 6.45) is -2.98. The minimum absolute atomic E-state index is 0.0315. The van der Waals surface area contributed by atoms with E-state index in [2.05, 4.69) is 16.0 Å². The lowest BCUT2D eigenvalue weighted by Gasteiger charge is -2.26. The molecule has 0 aliphatic heterocycles. The molecule has 0 aliphatic rings. The van der Waals surface area contributed by atoms with Crippen LogP contribution in [-0.2, 0) is 28.8 Å². The molecular formula is C19H32N4O10. The summed E-state index contributed by atoms with van der Waals surface area (Å²) in [7, 11) is 0. The van der Waals surface area contributed by atoms with Gasteiger partial charge in [0.05, 0.1) is 12.5 Å². The molecule has 14 heteroatoms. The molecule has 14 nitrogen and oxygen atoms in total. The first-order valence-electron chi connectivity index (χ1n) is 10.2. The third-order valence-corrected chi connectivity index (χ3v) is 4.44. The molecule has 0 aromatic rings. The Balaban J connectivity index is 5.59. The number of carboxylic acids is 3. The Kier molecular flexibility index (Phi) is 12.6. The van der Waals surface area contributed by atoms with Gasteiger partial charge < -0.3 is 42.1 Å². The third-order valence-electron chi connectivity index (χ3n) is 4.44. The van der Waals surface area contributed by atoms with E-state index in [1.54, 1.807) is 13.8 Å². The highest BCUT2D eigenvalue weighted by Gasteiger charge is 2.32. The lowest BCUT2D eigenvalue weighted by atomic mass is 10.0. The van der Waals surface area contributed by atoms with Crippen LogP contribution in [0.15, 0.2) is 0 Å². The van der Waals surface area contributed by atoms with Crippen molar-refractivity contribution in [2.45, 2.75) is 76.7 Å². The maximum absolute atomic E-state index is 12.8. The van der Waals surface area contributed by atoms with Crippen LogP contribution in [0.1, 0.15) is 46.5 Å². The minimum Gasteiger partial charge on any atom is -0.481 e. The maximum Gasteiger partial charge on any atom is 0.326 e. The molecule has 0 spiro atoms. The van der Waals surface area contributed by atoms with Crippen LogP contribution in [0.25, 0.3) is 0 Å². The first-order valence-corrected chi connectivity index (χ1v) is 10.2. The van der Waals surface area contributed by atoms with Gasteiger partial charge in [0.15, 0.2) is 0 Å². The second-order valence-electron chi connectivity index (χ2n) is 7.95. The largest absolute Gasteiger partial charge is 0.481 e. The highest BCUT2D eigenvalue weighted by Crippen LogP contribution is 2.08. The van der Waals surface area contributed by atoms with Gasteiger partial charge in [-0.25, -0.2) is 4.79 Å². The molecule has 0 aromatic carbocycles. The van der Waals surface area contributed by atoms with Gasteiger partial charge in [0.1, 0.15) is 24.2 Å². The van der Waals surface area contributed by atoms with E-state index in [9.17, 15) is 33.9 Å². The number of nitrogens with two attached hydrogens (primary N) is 1. The molecule has 0 aromatic heterocycles. The van der Waals surface area contributed by atoms with Crippen molar-refractivity contribution in [1.82, 2.24) is 16.0 Å². The van der Waals surface area contributed by atoms with E-state index in [1.165, 1.54) is 6.92 Å². The Morgan fingerprint density at radius 2 is 1.24 bits per heavy atom. The summed E-state index contributed by atoms with van der Waals surface area (Å²) in [5.74, 6) is -7.29. The van der Waals surface area contributed by atoms with E-state index >= 15 is 0 Å². The van der Waals surface area contributed by atoms with Crippen molar-refractivity contribution in [1.29, 1.82) is 0 Å². The molecule has 0 aliphatic carbocycles. The number of hydrogen-bond donors (Lipinski definition) is 8. The standard InChI is InChI=1S/C19H32N4O10/c1-8(2)6-11(17(30)23-12(19(32)33)7-14(27)28)22-16(29)10(4-5-13(25)26)21-18(31)15(20)9(3)24/h8-12,15,24H,4-7,20H2,1-3H3,(H,21,31)(H,22,29)(H,23,30)(H,25,26)(H,27,28)(H,32,33)/t9-,10+,11+,12+,15+/m1/s1. The predicted molar refractivity (Wildman–Crippen MR) is 112 cm³/mol. The van der Waals surface area contributed by atoms with Crippen LogP contribution in [0, 0.1) is 5.92 Å². The van der Waals surface area contributed by atoms with Gasteiger partial charge in [-0.3, -0.25) is 24.0 Å². The maximum atomic E-state index is 12.8. The fourth-order valence-corrected chi connectivity index (χ4v) is 2.65. The highest BCUT2D eigenvalue weighted by atomic mass is 16.4. The molecule has 33 heavy (non-hydrogen) atoms. The zero-order chi connectivity index (χ0) is 25.9. The number of rotatable bonds is 15.